The Bertz CT molecular complexity index is 469. The molecule has 2 rings (SSSR count). The van der Waals surface area contributed by atoms with Crippen molar-refractivity contribution in [3.63, 3.8) is 0 Å². The van der Waals surface area contributed by atoms with E-state index in [0.717, 1.165) is 13.0 Å². The first kappa shape index (κ1) is 14.4. The lowest BCUT2D eigenvalue weighted by Crippen LogP contribution is -2.39. The summed E-state index contributed by atoms with van der Waals surface area (Å²) < 4.78 is 27.7. The van der Waals surface area contributed by atoms with E-state index in [2.05, 4.69) is 20.0 Å². The molecule has 0 aliphatic heterocycles. The molecule has 0 aromatic carbocycles. The van der Waals surface area contributed by atoms with Gasteiger partial charge >= 0.3 is 0 Å². The number of hydrogen-bond acceptors (Lipinski definition) is 4. The first-order valence-electron chi connectivity index (χ1n) is 6.50. The van der Waals surface area contributed by atoms with E-state index in [1.165, 1.54) is 17.1 Å². The van der Waals surface area contributed by atoms with E-state index in [1.54, 1.807) is 19.4 Å². The van der Waals surface area contributed by atoms with Gasteiger partial charge in [0.2, 0.25) is 0 Å². The maximum atomic E-state index is 11.9. The number of rotatable bonds is 9. The second-order valence-corrected chi connectivity index (χ2v) is 6.63. The number of aromatic amines is 1. The van der Waals surface area contributed by atoms with Crippen LogP contribution in [-0.2, 0) is 16.8 Å². The van der Waals surface area contributed by atoms with Crippen LogP contribution in [0.25, 0.3) is 0 Å². The lowest BCUT2D eigenvalue weighted by Gasteiger charge is -2.17. The largest absolute Gasteiger partial charge is 0.347 e. The van der Waals surface area contributed by atoms with Crippen molar-refractivity contribution in [1.29, 1.82) is 0 Å². The summed E-state index contributed by atoms with van der Waals surface area (Å²) in [7, 11) is -1.84. The zero-order valence-electron chi connectivity index (χ0n) is 11.1. The number of nitrogens with zero attached hydrogens (tertiary/aromatic N) is 2. The Hall–Kier alpha value is -0.960. The second kappa shape index (κ2) is 6.47. The molecule has 0 amide bonds. The molecule has 1 aromatic heterocycles. The van der Waals surface area contributed by atoms with Crippen molar-refractivity contribution in [3.8, 4) is 0 Å². The normalized spacial score (nSPS) is 16.1. The van der Waals surface area contributed by atoms with Crippen LogP contribution in [-0.4, -0.2) is 48.9 Å². The van der Waals surface area contributed by atoms with E-state index < -0.39 is 10.2 Å². The summed E-state index contributed by atoms with van der Waals surface area (Å²) in [6.45, 7) is 1.55. The summed E-state index contributed by atoms with van der Waals surface area (Å²) >= 11 is 0. The van der Waals surface area contributed by atoms with Crippen molar-refractivity contribution in [2.45, 2.75) is 31.8 Å². The van der Waals surface area contributed by atoms with Gasteiger partial charge in [-0.25, -0.2) is 4.98 Å². The van der Waals surface area contributed by atoms with Gasteiger partial charge in [-0.05, 0) is 25.8 Å². The predicted octanol–water partition coefficient (Wildman–Crippen LogP) is -0.182. The Labute approximate surface area is 114 Å². The quantitative estimate of drug-likeness (QED) is 0.550. The van der Waals surface area contributed by atoms with E-state index in [1.807, 2.05) is 0 Å². The van der Waals surface area contributed by atoms with E-state index >= 15 is 0 Å². The van der Waals surface area contributed by atoms with E-state index in [-0.39, 0.29) is 6.54 Å². The molecule has 108 valence electrons. The van der Waals surface area contributed by atoms with Gasteiger partial charge in [-0.3, -0.25) is 0 Å². The molecule has 0 atom stereocenters. The van der Waals surface area contributed by atoms with Gasteiger partial charge in [0.15, 0.2) is 0 Å². The van der Waals surface area contributed by atoms with E-state index in [0.29, 0.717) is 18.4 Å². The average Bonchev–Trinajstić information content (AvgIpc) is 3.05. The van der Waals surface area contributed by atoms with Crippen LogP contribution in [0.4, 0.5) is 0 Å². The zero-order valence-corrected chi connectivity index (χ0v) is 11.9. The Balaban J connectivity index is 1.67. The summed E-state index contributed by atoms with van der Waals surface area (Å²) in [5.74, 6) is 0.604. The molecule has 1 heterocycles. The minimum absolute atomic E-state index is 0.181. The Kier molecular flexibility index (Phi) is 4.92. The highest BCUT2D eigenvalue weighted by molar-refractivity contribution is 7.87. The van der Waals surface area contributed by atoms with Gasteiger partial charge in [-0.15, -0.1) is 0 Å². The Morgan fingerprint density at radius 1 is 1.53 bits per heavy atom. The molecule has 3 N–H and O–H groups in total. The van der Waals surface area contributed by atoms with Crippen LogP contribution >= 0.6 is 0 Å². The zero-order chi connectivity index (χ0) is 13.7. The molecule has 1 aliphatic carbocycles. The minimum atomic E-state index is -3.43. The fourth-order valence-corrected chi connectivity index (χ4v) is 2.59. The molecule has 0 bridgehead atoms. The van der Waals surface area contributed by atoms with Crippen LogP contribution in [0.5, 0.6) is 0 Å². The third-order valence-corrected chi connectivity index (χ3v) is 4.56. The molecule has 1 saturated carbocycles. The number of nitrogens with one attached hydrogen (secondary N) is 3. The van der Waals surface area contributed by atoms with Gasteiger partial charge < -0.3 is 10.3 Å². The van der Waals surface area contributed by atoms with E-state index in [9.17, 15) is 8.42 Å². The fourth-order valence-electron chi connectivity index (χ4n) is 1.68. The van der Waals surface area contributed by atoms with Gasteiger partial charge in [0.1, 0.15) is 5.82 Å². The fraction of sp³-hybridized carbons (Fsp3) is 0.727. The molecular formula is C11H21N5O2S. The van der Waals surface area contributed by atoms with Crippen molar-refractivity contribution in [1.82, 2.24) is 24.3 Å². The summed E-state index contributed by atoms with van der Waals surface area (Å²) in [6, 6.07) is 0.666. The third-order valence-electron chi connectivity index (χ3n) is 3.05. The van der Waals surface area contributed by atoms with Crippen molar-refractivity contribution < 1.29 is 8.42 Å². The number of H-pyrrole nitrogens is 1. The summed E-state index contributed by atoms with van der Waals surface area (Å²) in [6.07, 6.45) is 6.57. The number of aromatic nitrogens is 2. The highest BCUT2D eigenvalue weighted by atomic mass is 32.2. The first-order chi connectivity index (χ1) is 9.08. The van der Waals surface area contributed by atoms with Crippen molar-refractivity contribution in [3.05, 3.63) is 18.2 Å². The van der Waals surface area contributed by atoms with Crippen LogP contribution in [0.1, 0.15) is 25.1 Å². The van der Waals surface area contributed by atoms with E-state index in [4.69, 9.17) is 0 Å². The molecule has 1 aliphatic rings. The van der Waals surface area contributed by atoms with Crippen LogP contribution in [0.2, 0.25) is 0 Å². The topological polar surface area (TPSA) is 90.1 Å². The van der Waals surface area contributed by atoms with Gasteiger partial charge in [0.25, 0.3) is 10.2 Å². The highest BCUT2D eigenvalue weighted by Crippen LogP contribution is 2.18. The molecule has 0 radical (unpaired) electrons. The Morgan fingerprint density at radius 2 is 2.32 bits per heavy atom. The highest BCUT2D eigenvalue weighted by Gasteiger charge is 2.20. The maximum Gasteiger partial charge on any atom is 0.279 e. The maximum absolute atomic E-state index is 11.9. The summed E-state index contributed by atoms with van der Waals surface area (Å²) in [5.41, 5.74) is 0. The number of imidazole rings is 1. The predicted molar refractivity (Wildman–Crippen MR) is 72.6 cm³/mol. The van der Waals surface area contributed by atoms with Crippen LogP contribution in [0.3, 0.4) is 0 Å². The lowest BCUT2D eigenvalue weighted by atomic mass is 10.4. The molecule has 7 nitrogen and oxygen atoms in total. The molecular weight excluding hydrogens is 266 g/mol. The summed E-state index contributed by atoms with van der Waals surface area (Å²) in [4.78, 5) is 6.82. The molecule has 1 fully saturated rings. The number of hydrogen-bond donors (Lipinski definition) is 3. The first-order valence-corrected chi connectivity index (χ1v) is 7.94. The van der Waals surface area contributed by atoms with Gasteiger partial charge in [0, 0.05) is 32.0 Å². The van der Waals surface area contributed by atoms with Crippen LogP contribution < -0.4 is 10.0 Å². The van der Waals surface area contributed by atoms with Crippen molar-refractivity contribution in [2.75, 3.05) is 20.1 Å². The average molecular weight is 287 g/mol. The smallest absolute Gasteiger partial charge is 0.279 e. The molecule has 8 heteroatoms. The molecule has 19 heavy (non-hydrogen) atoms. The van der Waals surface area contributed by atoms with Crippen molar-refractivity contribution >= 4 is 10.2 Å². The molecule has 1 aromatic rings. The van der Waals surface area contributed by atoms with Crippen LogP contribution in [0, 0.1) is 0 Å². The minimum Gasteiger partial charge on any atom is -0.347 e. The Morgan fingerprint density at radius 3 is 2.95 bits per heavy atom. The SMILES string of the molecule is CN(CCCNC1CC1)S(=O)(=O)NCc1ncc[nH]1. The lowest BCUT2D eigenvalue weighted by molar-refractivity contribution is 0.443. The molecule has 0 spiro atoms. The molecule has 0 unspecified atom stereocenters. The van der Waals surface area contributed by atoms with Crippen LogP contribution in [0.15, 0.2) is 12.4 Å². The standard InChI is InChI=1S/C11H21N5O2S/c1-16(8-2-5-12-10-3-4-10)19(17,18)15-9-11-13-6-7-14-11/h6-7,10,12,15H,2-5,8-9H2,1H3,(H,13,14). The second-order valence-electron chi connectivity index (χ2n) is 4.77. The molecule has 0 saturated heterocycles. The monoisotopic (exact) mass is 287 g/mol. The summed E-state index contributed by atoms with van der Waals surface area (Å²) in [5, 5.41) is 3.36. The van der Waals surface area contributed by atoms with Gasteiger partial charge in [0.05, 0.1) is 6.54 Å². The van der Waals surface area contributed by atoms with Crippen molar-refractivity contribution in [2.24, 2.45) is 0 Å². The van der Waals surface area contributed by atoms with Gasteiger partial charge in [-0.1, -0.05) is 0 Å². The van der Waals surface area contributed by atoms with Gasteiger partial charge in [-0.2, -0.15) is 17.4 Å². The third kappa shape index (κ3) is 4.90.